The van der Waals surface area contributed by atoms with Gasteiger partial charge in [0.15, 0.2) is 0 Å². The summed E-state index contributed by atoms with van der Waals surface area (Å²) in [5.41, 5.74) is -1.85. The Morgan fingerprint density at radius 2 is 1.96 bits per heavy atom. The van der Waals surface area contributed by atoms with Crippen LogP contribution >= 0.6 is 7.14 Å². The molecule has 4 atom stereocenters. The van der Waals surface area contributed by atoms with Crippen LogP contribution in [0.4, 0.5) is 0 Å². The predicted octanol–water partition coefficient (Wildman–Crippen LogP) is 1.62. The summed E-state index contributed by atoms with van der Waals surface area (Å²) in [6, 6.07) is 0. The summed E-state index contributed by atoms with van der Waals surface area (Å²) in [7, 11) is -2.89. The first-order valence-corrected chi connectivity index (χ1v) is 11.9. The summed E-state index contributed by atoms with van der Waals surface area (Å²) in [6.45, 7) is 9.27. The van der Waals surface area contributed by atoms with Crippen molar-refractivity contribution in [1.29, 1.82) is 0 Å². The molecule has 1 aromatic rings. The van der Waals surface area contributed by atoms with Crippen LogP contribution < -0.4 is 11.2 Å². The topological polar surface area (TPSA) is 120 Å². The van der Waals surface area contributed by atoms with E-state index in [4.69, 9.17) is 14.2 Å². The van der Waals surface area contributed by atoms with Gasteiger partial charge in [-0.15, -0.1) is 0 Å². The maximum atomic E-state index is 13.3. The molecule has 0 bridgehead atoms. The van der Waals surface area contributed by atoms with Crippen LogP contribution in [0.25, 0.3) is 0 Å². The number of aryl methyl sites for hydroxylation is 1. The zero-order valence-electron chi connectivity index (χ0n) is 17.1. The number of nitrogens with one attached hydrogen (secondary N) is 1. The number of H-pyrrole nitrogens is 1. The van der Waals surface area contributed by atoms with Crippen LogP contribution in [-0.2, 0) is 18.8 Å². The van der Waals surface area contributed by atoms with E-state index in [0.29, 0.717) is 25.2 Å². The third-order valence-electron chi connectivity index (χ3n) is 5.18. The van der Waals surface area contributed by atoms with Crippen molar-refractivity contribution in [1.82, 2.24) is 9.55 Å². The first-order chi connectivity index (χ1) is 13.0. The molecule has 1 fully saturated rings. The molecule has 2 N–H and O–H groups in total. The van der Waals surface area contributed by atoms with Crippen LogP contribution in [0.5, 0.6) is 0 Å². The van der Waals surface area contributed by atoms with Crippen molar-refractivity contribution in [2.75, 3.05) is 26.0 Å². The Balaban J connectivity index is 2.10. The Bertz CT molecular complexity index is 828. The van der Waals surface area contributed by atoms with E-state index in [1.165, 1.54) is 10.8 Å². The fourth-order valence-electron chi connectivity index (χ4n) is 3.37. The van der Waals surface area contributed by atoms with E-state index in [-0.39, 0.29) is 12.6 Å². The number of aliphatic hydroxyl groups is 1. The van der Waals surface area contributed by atoms with Gasteiger partial charge in [0.1, 0.15) is 13.4 Å². The Morgan fingerprint density at radius 3 is 2.54 bits per heavy atom. The Morgan fingerprint density at radius 1 is 1.36 bits per heavy atom. The first kappa shape index (κ1) is 23.0. The number of hydrogen-bond acceptors (Lipinski definition) is 7. The lowest BCUT2D eigenvalue weighted by molar-refractivity contribution is -0.161. The van der Waals surface area contributed by atoms with E-state index < -0.39 is 42.4 Å². The van der Waals surface area contributed by atoms with Gasteiger partial charge in [0.05, 0.1) is 12.2 Å². The largest absolute Gasteiger partial charge is 0.390 e. The van der Waals surface area contributed by atoms with Crippen molar-refractivity contribution in [3.63, 3.8) is 0 Å². The van der Waals surface area contributed by atoms with Crippen molar-refractivity contribution in [2.24, 2.45) is 0 Å². The summed E-state index contributed by atoms with van der Waals surface area (Å²) < 4.78 is 31.7. The molecule has 28 heavy (non-hydrogen) atoms. The Hall–Kier alpha value is -1.25. The van der Waals surface area contributed by atoms with E-state index in [0.717, 1.165) is 0 Å². The van der Waals surface area contributed by atoms with Crippen LogP contribution in [0.2, 0.25) is 0 Å². The lowest BCUT2D eigenvalue weighted by Crippen LogP contribution is -2.34. The number of ether oxygens (including phenoxy) is 3. The molecule has 0 spiro atoms. The standard InChI is InChI=1S/C18H31N2O7P/c1-6-25-18(4,26-7-2)28(5,24)9-8-14-13(21)10-15(27-14)20-11-12(3)16(22)19-17(20)23/h11,13-15,21H,6-10H2,1-5H3,(H,19,22,23)/t13-,14-,15-,28?/m1/s1. The van der Waals surface area contributed by atoms with Gasteiger partial charge in [-0.05, 0) is 40.8 Å². The Labute approximate surface area is 164 Å². The number of aliphatic hydroxyl groups excluding tert-OH is 1. The average Bonchev–Trinajstić information content (AvgIpc) is 2.97. The summed E-state index contributed by atoms with van der Waals surface area (Å²) in [5, 5.41) is 10.4. The number of hydrogen-bond donors (Lipinski definition) is 2. The maximum absolute atomic E-state index is 13.3. The van der Waals surface area contributed by atoms with E-state index >= 15 is 0 Å². The van der Waals surface area contributed by atoms with Gasteiger partial charge in [-0.25, -0.2) is 4.79 Å². The molecule has 1 aliphatic heterocycles. The van der Waals surface area contributed by atoms with Crippen LogP contribution in [0.15, 0.2) is 15.8 Å². The molecule has 1 unspecified atom stereocenters. The number of aromatic amines is 1. The first-order valence-electron chi connectivity index (χ1n) is 9.54. The lowest BCUT2D eigenvalue weighted by atomic mass is 10.1. The fourth-order valence-corrected chi connectivity index (χ4v) is 5.33. The minimum absolute atomic E-state index is 0.207. The third kappa shape index (κ3) is 4.83. The van der Waals surface area contributed by atoms with Crippen molar-refractivity contribution in [3.05, 3.63) is 32.6 Å². The van der Waals surface area contributed by atoms with E-state index in [1.54, 1.807) is 20.5 Å². The Kier molecular flexibility index (Phi) is 7.44. The van der Waals surface area contributed by atoms with Gasteiger partial charge >= 0.3 is 5.69 Å². The zero-order valence-corrected chi connectivity index (χ0v) is 18.0. The number of aromatic nitrogens is 2. The number of rotatable bonds is 9. The summed E-state index contributed by atoms with van der Waals surface area (Å²) in [4.78, 5) is 25.8. The van der Waals surface area contributed by atoms with Crippen LogP contribution in [0, 0.1) is 6.92 Å². The van der Waals surface area contributed by atoms with Crippen molar-refractivity contribution < 1.29 is 23.9 Å². The predicted molar refractivity (Wildman–Crippen MR) is 105 cm³/mol. The second kappa shape index (κ2) is 9.05. The molecule has 0 amide bonds. The van der Waals surface area contributed by atoms with Gasteiger partial charge in [0.2, 0.25) is 5.53 Å². The highest BCUT2D eigenvalue weighted by Gasteiger charge is 2.44. The zero-order chi connectivity index (χ0) is 21.1. The van der Waals surface area contributed by atoms with Gasteiger partial charge in [-0.1, -0.05) is 0 Å². The summed E-state index contributed by atoms with van der Waals surface area (Å²) in [5.74, 6) is 0. The fraction of sp³-hybridized carbons (Fsp3) is 0.778. The molecule has 1 saturated heterocycles. The van der Waals surface area contributed by atoms with Crippen LogP contribution in [-0.4, -0.2) is 58.4 Å². The maximum Gasteiger partial charge on any atom is 0.330 e. The molecule has 160 valence electrons. The van der Waals surface area contributed by atoms with Gasteiger partial charge in [0, 0.05) is 37.6 Å². The molecule has 1 aliphatic rings. The highest BCUT2D eigenvalue weighted by molar-refractivity contribution is 7.64. The molecule has 10 heteroatoms. The van der Waals surface area contributed by atoms with Crippen LogP contribution in [0.3, 0.4) is 0 Å². The molecular weight excluding hydrogens is 387 g/mol. The molecule has 0 radical (unpaired) electrons. The normalized spacial score (nSPS) is 25.0. The summed E-state index contributed by atoms with van der Waals surface area (Å²) in [6.07, 6.45) is 0.143. The van der Waals surface area contributed by atoms with E-state index in [9.17, 15) is 19.3 Å². The molecule has 9 nitrogen and oxygen atoms in total. The minimum Gasteiger partial charge on any atom is -0.390 e. The minimum atomic E-state index is -2.89. The average molecular weight is 418 g/mol. The van der Waals surface area contributed by atoms with Gasteiger partial charge in [-0.3, -0.25) is 14.3 Å². The molecule has 0 saturated carbocycles. The molecule has 0 aromatic carbocycles. The van der Waals surface area contributed by atoms with Gasteiger partial charge in [0.25, 0.3) is 5.56 Å². The van der Waals surface area contributed by atoms with Gasteiger partial charge < -0.3 is 23.9 Å². The summed E-state index contributed by atoms with van der Waals surface area (Å²) >= 11 is 0. The quantitative estimate of drug-likeness (QED) is 0.462. The molecular formula is C18H31N2O7P. The SMILES string of the molecule is CCOC(C)(OCC)P(C)(=O)CC[C@H]1O[C@@H](n2cc(C)c(=O)[nH]c2=O)C[C@H]1O. The molecule has 1 aromatic heterocycles. The van der Waals surface area contributed by atoms with Crippen molar-refractivity contribution >= 4 is 7.14 Å². The molecule has 2 heterocycles. The highest BCUT2D eigenvalue weighted by atomic mass is 31.2. The van der Waals surface area contributed by atoms with Crippen LogP contribution in [0.1, 0.15) is 45.4 Å². The third-order valence-corrected chi connectivity index (χ3v) is 8.27. The van der Waals surface area contributed by atoms with E-state index in [2.05, 4.69) is 4.98 Å². The lowest BCUT2D eigenvalue weighted by Gasteiger charge is -2.35. The van der Waals surface area contributed by atoms with E-state index in [1.807, 2.05) is 13.8 Å². The monoisotopic (exact) mass is 418 g/mol. The molecule has 0 aliphatic carbocycles. The number of nitrogens with zero attached hydrogens (tertiary/aromatic N) is 1. The van der Waals surface area contributed by atoms with Crippen molar-refractivity contribution in [3.8, 4) is 0 Å². The van der Waals surface area contributed by atoms with Crippen molar-refractivity contribution in [2.45, 2.75) is 64.5 Å². The smallest absolute Gasteiger partial charge is 0.330 e. The highest BCUT2D eigenvalue weighted by Crippen LogP contribution is 2.57. The molecule has 2 rings (SSSR count). The second-order valence-electron chi connectivity index (χ2n) is 7.29. The van der Waals surface area contributed by atoms with Gasteiger partial charge in [-0.2, -0.15) is 0 Å². The second-order valence-corrected chi connectivity index (χ2v) is 10.7.